The minimum atomic E-state index is -3.68. The summed E-state index contributed by atoms with van der Waals surface area (Å²) in [5, 5.41) is 11.6. The van der Waals surface area contributed by atoms with Crippen molar-refractivity contribution in [3.8, 4) is 0 Å². The number of aliphatic hydroxyl groups excluding tert-OH is 1. The third-order valence-corrected chi connectivity index (χ3v) is 4.13. The summed E-state index contributed by atoms with van der Waals surface area (Å²) in [6, 6.07) is 5.50. The Labute approximate surface area is 123 Å². The molecule has 1 aromatic carbocycles. The molecule has 0 radical (unpaired) electrons. The lowest BCUT2D eigenvalue weighted by molar-refractivity contribution is -0.121. The molecule has 0 aliphatic carbocycles. The Morgan fingerprint density at radius 3 is 2.75 bits per heavy atom. The second kappa shape index (κ2) is 7.58. The predicted octanol–water partition coefficient (Wildman–Crippen LogP) is 0.505. The number of amides is 1. The van der Waals surface area contributed by atoms with Crippen molar-refractivity contribution in [2.45, 2.75) is 24.3 Å². The summed E-state index contributed by atoms with van der Waals surface area (Å²) in [6.45, 7) is 1.45. The Bertz CT molecular complexity index is 562. The summed E-state index contributed by atoms with van der Waals surface area (Å²) < 4.78 is 26.1. The molecule has 0 aromatic heterocycles. The molecule has 1 amide bonds. The lowest BCUT2D eigenvalue weighted by Gasteiger charge is -2.11. The summed E-state index contributed by atoms with van der Waals surface area (Å²) in [6.07, 6.45) is -0.00979. The van der Waals surface area contributed by atoms with Crippen LogP contribution < -0.4 is 10.0 Å². The topological polar surface area (TPSA) is 95.5 Å². The molecule has 20 heavy (non-hydrogen) atoms. The Kier molecular flexibility index (Phi) is 6.41. The number of hydrogen-bond donors (Lipinski definition) is 3. The van der Waals surface area contributed by atoms with Crippen LogP contribution in [-0.4, -0.2) is 38.6 Å². The number of nitrogens with one attached hydrogen (secondary N) is 2. The number of carbonyl (C=O) groups is 1. The van der Waals surface area contributed by atoms with Crippen LogP contribution in [0.15, 0.2) is 29.2 Å². The second-order valence-electron chi connectivity index (χ2n) is 4.26. The maximum absolute atomic E-state index is 11.9. The molecule has 0 heterocycles. The Balaban J connectivity index is 2.51. The van der Waals surface area contributed by atoms with Crippen molar-refractivity contribution >= 4 is 27.5 Å². The highest BCUT2D eigenvalue weighted by Gasteiger charge is 2.14. The van der Waals surface area contributed by atoms with Gasteiger partial charge in [0.05, 0.1) is 11.5 Å². The fraction of sp³-hybridized carbons (Fsp3) is 0.417. The van der Waals surface area contributed by atoms with Gasteiger partial charge in [0.2, 0.25) is 15.9 Å². The average molecular weight is 321 g/mol. The van der Waals surface area contributed by atoms with E-state index in [4.69, 9.17) is 16.7 Å². The molecule has 8 heteroatoms. The number of rotatable bonds is 7. The quantitative estimate of drug-likeness (QED) is 0.682. The molecule has 0 saturated heterocycles. The SMILES string of the molecule is CC(CO)NC(=O)CCNS(=O)(=O)c1cccc(Cl)c1. The van der Waals surface area contributed by atoms with Crippen molar-refractivity contribution in [3.63, 3.8) is 0 Å². The number of sulfonamides is 1. The summed E-state index contributed by atoms with van der Waals surface area (Å²) in [5.41, 5.74) is 0. The van der Waals surface area contributed by atoms with Crippen LogP contribution in [0.1, 0.15) is 13.3 Å². The van der Waals surface area contributed by atoms with Gasteiger partial charge in [-0.15, -0.1) is 0 Å². The molecule has 0 aliphatic rings. The minimum absolute atomic E-state index is 0.00979. The van der Waals surface area contributed by atoms with Gasteiger partial charge in [-0.2, -0.15) is 0 Å². The zero-order valence-electron chi connectivity index (χ0n) is 11.0. The van der Waals surface area contributed by atoms with Gasteiger partial charge in [0.1, 0.15) is 0 Å². The maximum Gasteiger partial charge on any atom is 0.240 e. The fourth-order valence-corrected chi connectivity index (χ4v) is 2.74. The van der Waals surface area contributed by atoms with Crippen LogP contribution in [0.2, 0.25) is 5.02 Å². The molecular formula is C12H17ClN2O4S. The molecule has 1 rings (SSSR count). The molecule has 1 aromatic rings. The maximum atomic E-state index is 11.9. The molecule has 3 N–H and O–H groups in total. The van der Waals surface area contributed by atoms with E-state index in [9.17, 15) is 13.2 Å². The molecule has 0 aliphatic heterocycles. The number of aliphatic hydroxyl groups is 1. The standard InChI is InChI=1S/C12H17ClN2O4S/c1-9(8-16)15-12(17)5-6-14-20(18,19)11-4-2-3-10(13)7-11/h2-4,7,9,14,16H,5-6,8H2,1H3,(H,15,17). The monoisotopic (exact) mass is 320 g/mol. The first-order chi connectivity index (χ1) is 9.35. The summed E-state index contributed by atoms with van der Waals surface area (Å²) in [4.78, 5) is 11.5. The number of hydrogen-bond acceptors (Lipinski definition) is 4. The van der Waals surface area contributed by atoms with E-state index >= 15 is 0 Å². The Hall–Kier alpha value is -1.15. The summed E-state index contributed by atoms with van der Waals surface area (Å²) in [5.74, 6) is -0.333. The predicted molar refractivity (Wildman–Crippen MR) is 75.9 cm³/mol. The number of benzene rings is 1. The second-order valence-corrected chi connectivity index (χ2v) is 6.46. The Morgan fingerprint density at radius 1 is 1.45 bits per heavy atom. The molecule has 1 unspecified atom stereocenters. The third-order valence-electron chi connectivity index (χ3n) is 2.43. The van der Waals surface area contributed by atoms with E-state index in [1.54, 1.807) is 13.0 Å². The van der Waals surface area contributed by atoms with Crippen molar-refractivity contribution in [1.82, 2.24) is 10.0 Å². The van der Waals surface area contributed by atoms with Gasteiger partial charge in [-0.05, 0) is 25.1 Å². The van der Waals surface area contributed by atoms with Crippen molar-refractivity contribution < 1.29 is 18.3 Å². The van der Waals surface area contributed by atoms with Crippen LogP contribution in [0.4, 0.5) is 0 Å². The largest absolute Gasteiger partial charge is 0.394 e. The molecule has 0 fully saturated rings. The third kappa shape index (κ3) is 5.46. The van der Waals surface area contributed by atoms with E-state index in [0.717, 1.165) is 0 Å². The van der Waals surface area contributed by atoms with Gasteiger partial charge in [0.15, 0.2) is 0 Å². The van der Waals surface area contributed by atoms with Crippen molar-refractivity contribution in [2.75, 3.05) is 13.2 Å². The molecule has 0 bridgehead atoms. The highest BCUT2D eigenvalue weighted by atomic mass is 35.5. The number of halogens is 1. The van der Waals surface area contributed by atoms with Gasteiger partial charge < -0.3 is 10.4 Å². The molecular weight excluding hydrogens is 304 g/mol. The van der Waals surface area contributed by atoms with Crippen LogP contribution in [0.3, 0.4) is 0 Å². The zero-order valence-corrected chi connectivity index (χ0v) is 12.5. The molecule has 6 nitrogen and oxygen atoms in total. The minimum Gasteiger partial charge on any atom is -0.394 e. The van der Waals surface area contributed by atoms with Gasteiger partial charge in [-0.25, -0.2) is 13.1 Å². The highest BCUT2D eigenvalue weighted by Crippen LogP contribution is 2.14. The summed E-state index contributed by atoms with van der Waals surface area (Å²) >= 11 is 5.73. The first kappa shape index (κ1) is 16.9. The van der Waals surface area contributed by atoms with Crippen LogP contribution >= 0.6 is 11.6 Å². The van der Waals surface area contributed by atoms with E-state index in [1.807, 2.05) is 0 Å². The fourth-order valence-electron chi connectivity index (χ4n) is 1.41. The molecule has 112 valence electrons. The highest BCUT2D eigenvalue weighted by molar-refractivity contribution is 7.89. The molecule has 0 spiro atoms. The molecule has 0 saturated carbocycles. The van der Waals surface area contributed by atoms with Gasteiger partial charge in [0.25, 0.3) is 0 Å². The Morgan fingerprint density at radius 2 is 2.15 bits per heavy atom. The first-order valence-electron chi connectivity index (χ1n) is 6.00. The van der Waals surface area contributed by atoms with Crippen LogP contribution in [0.25, 0.3) is 0 Å². The molecule has 1 atom stereocenters. The van der Waals surface area contributed by atoms with Crippen LogP contribution in [0.5, 0.6) is 0 Å². The van der Waals surface area contributed by atoms with E-state index in [-0.39, 0.29) is 36.4 Å². The van der Waals surface area contributed by atoms with Gasteiger partial charge in [0, 0.05) is 24.0 Å². The van der Waals surface area contributed by atoms with Crippen molar-refractivity contribution in [2.24, 2.45) is 0 Å². The van der Waals surface area contributed by atoms with E-state index in [0.29, 0.717) is 5.02 Å². The van der Waals surface area contributed by atoms with Crippen molar-refractivity contribution in [3.05, 3.63) is 29.3 Å². The lowest BCUT2D eigenvalue weighted by Crippen LogP contribution is -2.37. The average Bonchev–Trinajstić information content (AvgIpc) is 2.38. The van der Waals surface area contributed by atoms with Gasteiger partial charge in [-0.3, -0.25) is 4.79 Å². The number of carbonyl (C=O) groups excluding carboxylic acids is 1. The van der Waals surface area contributed by atoms with Crippen LogP contribution in [-0.2, 0) is 14.8 Å². The van der Waals surface area contributed by atoms with Gasteiger partial charge >= 0.3 is 0 Å². The van der Waals surface area contributed by atoms with E-state index < -0.39 is 10.0 Å². The normalized spacial score (nSPS) is 12.9. The zero-order chi connectivity index (χ0) is 15.2. The van der Waals surface area contributed by atoms with Crippen LogP contribution in [0, 0.1) is 0 Å². The van der Waals surface area contributed by atoms with E-state index in [1.165, 1.54) is 18.2 Å². The lowest BCUT2D eigenvalue weighted by atomic mass is 10.3. The first-order valence-corrected chi connectivity index (χ1v) is 7.86. The smallest absolute Gasteiger partial charge is 0.240 e. The van der Waals surface area contributed by atoms with Gasteiger partial charge in [-0.1, -0.05) is 17.7 Å². The summed E-state index contributed by atoms with van der Waals surface area (Å²) in [7, 11) is -3.68. The van der Waals surface area contributed by atoms with Crippen molar-refractivity contribution in [1.29, 1.82) is 0 Å². The van der Waals surface area contributed by atoms with E-state index in [2.05, 4.69) is 10.0 Å².